The lowest BCUT2D eigenvalue weighted by molar-refractivity contribution is -0.137. The maximum Gasteiger partial charge on any atom is 0.416 e. The van der Waals surface area contributed by atoms with Crippen LogP contribution in [0, 0.1) is 11.6 Å². The van der Waals surface area contributed by atoms with Crippen molar-refractivity contribution >= 4 is 0 Å². The van der Waals surface area contributed by atoms with E-state index in [1.54, 1.807) is 0 Å². The Kier molecular flexibility index (Phi) is 3.18. The summed E-state index contributed by atoms with van der Waals surface area (Å²) in [6.07, 6.45) is -4.61. The smallest absolute Gasteiger partial charge is 0.416 e. The first-order chi connectivity index (χ1) is 8.79. The van der Waals surface area contributed by atoms with E-state index in [9.17, 15) is 22.0 Å². The molecule has 2 aromatic rings. The standard InChI is InChI=1S/C13H7F5O/c14-10-4-2-8(13(16,17)18)6-9(10)7-1-3-11(15)12(19)5-7/h1-6,19H. The predicted molar refractivity (Wildman–Crippen MR) is 58.5 cm³/mol. The normalized spacial score (nSPS) is 11.6. The quantitative estimate of drug-likeness (QED) is 0.766. The molecular formula is C13H7F5O. The average Bonchev–Trinajstić information content (AvgIpc) is 2.32. The third kappa shape index (κ3) is 2.67. The van der Waals surface area contributed by atoms with E-state index in [0.29, 0.717) is 18.2 Å². The highest BCUT2D eigenvalue weighted by Crippen LogP contribution is 2.34. The summed E-state index contributed by atoms with van der Waals surface area (Å²) in [5, 5.41) is 9.16. The van der Waals surface area contributed by atoms with Gasteiger partial charge in [0.1, 0.15) is 5.82 Å². The van der Waals surface area contributed by atoms with Crippen LogP contribution in [-0.4, -0.2) is 5.11 Å². The summed E-state index contributed by atoms with van der Waals surface area (Å²) < 4.78 is 64.0. The number of benzene rings is 2. The second-order valence-electron chi connectivity index (χ2n) is 3.86. The maximum atomic E-state index is 13.5. The lowest BCUT2D eigenvalue weighted by atomic mass is 10.0. The van der Waals surface area contributed by atoms with Crippen molar-refractivity contribution in [2.75, 3.05) is 0 Å². The van der Waals surface area contributed by atoms with Gasteiger partial charge in [-0.05, 0) is 35.9 Å². The fraction of sp³-hybridized carbons (Fsp3) is 0.0769. The Hall–Kier alpha value is -2.11. The lowest BCUT2D eigenvalue weighted by Gasteiger charge is -2.10. The average molecular weight is 274 g/mol. The highest BCUT2D eigenvalue weighted by molar-refractivity contribution is 5.66. The fourth-order valence-corrected chi connectivity index (χ4v) is 1.60. The number of alkyl halides is 3. The highest BCUT2D eigenvalue weighted by atomic mass is 19.4. The minimum absolute atomic E-state index is 0.0394. The van der Waals surface area contributed by atoms with Crippen molar-refractivity contribution in [2.45, 2.75) is 6.18 Å². The molecule has 100 valence electrons. The number of hydrogen-bond acceptors (Lipinski definition) is 1. The summed E-state index contributed by atoms with van der Waals surface area (Å²) >= 11 is 0. The second-order valence-corrected chi connectivity index (χ2v) is 3.86. The van der Waals surface area contributed by atoms with E-state index >= 15 is 0 Å². The van der Waals surface area contributed by atoms with Crippen molar-refractivity contribution in [1.29, 1.82) is 0 Å². The molecule has 0 saturated heterocycles. The second kappa shape index (κ2) is 4.53. The van der Waals surface area contributed by atoms with E-state index in [1.165, 1.54) is 0 Å². The van der Waals surface area contributed by atoms with Gasteiger partial charge in [0.05, 0.1) is 5.56 Å². The van der Waals surface area contributed by atoms with Crippen LogP contribution >= 0.6 is 0 Å². The molecule has 6 heteroatoms. The Labute approximate surface area is 104 Å². The van der Waals surface area contributed by atoms with Crippen LogP contribution in [0.25, 0.3) is 11.1 Å². The topological polar surface area (TPSA) is 20.2 Å². The van der Waals surface area contributed by atoms with E-state index in [1.807, 2.05) is 0 Å². The summed E-state index contributed by atoms with van der Waals surface area (Å²) in [4.78, 5) is 0. The van der Waals surface area contributed by atoms with Gasteiger partial charge in [-0.15, -0.1) is 0 Å². The summed E-state index contributed by atoms with van der Waals surface area (Å²) in [5.41, 5.74) is -1.42. The summed E-state index contributed by atoms with van der Waals surface area (Å²) in [5.74, 6) is -2.58. The SMILES string of the molecule is Oc1cc(-c2cc(C(F)(F)F)ccc2F)ccc1F. The zero-order chi connectivity index (χ0) is 14.2. The molecule has 0 aliphatic carbocycles. The summed E-state index contributed by atoms with van der Waals surface area (Å²) in [7, 11) is 0. The Balaban J connectivity index is 2.58. The van der Waals surface area contributed by atoms with Crippen molar-refractivity contribution in [2.24, 2.45) is 0 Å². The van der Waals surface area contributed by atoms with E-state index in [4.69, 9.17) is 5.11 Å². The molecule has 1 nitrogen and oxygen atoms in total. The Morgan fingerprint density at radius 1 is 0.842 bits per heavy atom. The summed E-state index contributed by atoms with van der Waals surface area (Å²) in [6.45, 7) is 0. The largest absolute Gasteiger partial charge is 0.505 e. The molecule has 19 heavy (non-hydrogen) atoms. The van der Waals surface area contributed by atoms with Gasteiger partial charge in [-0.1, -0.05) is 6.07 Å². The molecule has 0 saturated carbocycles. The fourth-order valence-electron chi connectivity index (χ4n) is 1.60. The van der Waals surface area contributed by atoms with Crippen LogP contribution in [0.1, 0.15) is 5.56 Å². The van der Waals surface area contributed by atoms with E-state index in [-0.39, 0.29) is 11.1 Å². The van der Waals surface area contributed by atoms with Crippen molar-refractivity contribution in [3.8, 4) is 16.9 Å². The molecule has 0 unspecified atom stereocenters. The van der Waals surface area contributed by atoms with Gasteiger partial charge in [0, 0.05) is 5.56 Å². The molecule has 0 spiro atoms. The molecule has 1 N–H and O–H groups in total. The Bertz CT molecular complexity index is 619. The van der Waals surface area contributed by atoms with Crippen LogP contribution in [0.5, 0.6) is 5.75 Å². The van der Waals surface area contributed by atoms with Gasteiger partial charge in [0.15, 0.2) is 11.6 Å². The zero-order valence-corrected chi connectivity index (χ0v) is 9.30. The van der Waals surface area contributed by atoms with Crippen LogP contribution < -0.4 is 0 Å². The van der Waals surface area contributed by atoms with E-state index in [2.05, 4.69) is 0 Å². The first kappa shape index (κ1) is 13.3. The Morgan fingerprint density at radius 2 is 1.47 bits per heavy atom. The number of halogens is 5. The molecule has 0 atom stereocenters. The van der Waals surface area contributed by atoms with E-state index in [0.717, 1.165) is 18.2 Å². The van der Waals surface area contributed by atoms with Gasteiger partial charge in [-0.25, -0.2) is 8.78 Å². The third-order valence-electron chi connectivity index (χ3n) is 2.55. The van der Waals surface area contributed by atoms with Crippen LogP contribution in [0.4, 0.5) is 22.0 Å². The minimum atomic E-state index is -4.61. The molecule has 0 heterocycles. The highest BCUT2D eigenvalue weighted by Gasteiger charge is 2.31. The van der Waals surface area contributed by atoms with Crippen molar-refractivity contribution < 1.29 is 27.1 Å². The number of rotatable bonds is 1. The monoisotopic (exact) mass is 274 g/mol. The molecule has 0 aromatic heterocycles. The van der Waals surface area contributed by atoms with Gasteiger partial charge in [0.2, 0.25) is 0 Å². The lowest BCUT2D eigenvalue weighted by Crippen LogP contribution is -2.05. The van der Waals surface area contributed by atoms with E-state index < -0.39 is 29.1 Å². The molecule has 0 bridgehead atoms. The molecule has 0 aliphatic heterocycles. The molecule has 2 aromatic carbocycles. The van der Waals surface area contributed by atoms with Gasteiger partial charge < -0.3 is 5.11 Å². The number of phenolic OH excluding ortho intramolecular Hbond substituents is 1. The molecule has 0 aliphatic rings. The molecule has 0 radical (unpaired) electrons. The van der Waals surface area contributed by atoms with Crippen LogP contribution in [0.15, 0.2) is 36.4 Å². The van der Waals surface area contributed by atoms with Crippen molar-refractivity contribution in [3.63, 3.8) is 0 Å². The van der Waals surface area contributed by atoms with Gasteiger partial charge in [-0.2, -0.15) is 13.2 Å². The van der Waals surface area contributed by atoms with Crippen LogP contribution in [0.2, 0.25) is 0 Å². The van der Waals surface area contributed by atoms with Crippen LogP contribution in [0.3, 0.4) is 0 Å². The molecule has 0 fully saturated rings. The third-order valence-corrected chi connectivity index (χ3v) is 2.55. The van der Waals surface area contributed by atoms with Crippen LogP contribution in [-0.2, 0) is 6.18 Å². The maximum absolute atomic E-state index is 13.5. The Morgan fingerprint density at radius 3 is 2.05 bits per heavy atom. The molecular weight excluding hydrogens is 267 g/mol. The predicted octanol–water partition coefficient (Wildman–Crippen LogP) is 4.36. The zero-order valence-electron chi connectivity index (χ0n) is 9.30. The first-order valence-corrected chi connectivity index (χ1v) is 5.14. The summed E-state index contributed by atoms with van der Waals surface area (Å²) in [6, 6.07) is 4.72. The minimum Gasteiger partial charge on any atom is -0.505 e. The van der Waals surface area contributed by atoms with Crippen molar-refractivity contribution in [3.05, 3.63) is 53.6 Å². The number of aromatic hydroxyl groups is 1. The molecule has 0 amide bonds. The van der Waals surface area contributed by atoms with Gasteiger partial charge in [0.25, 0.3) is 0 Å². The first-order valence-electron chi connectivity index (χ1n) is 5.14. The number of hydrogen-bond donors (Lipinski definition) is 1. The van der Waals surface area contributed by atoms with Gasteiger partial charge >= 0.3 is 6.18 Å². The van der Waals surface area contributed by atoms with Gasteiger partial charge in [-0.3, -0.25) is 0 Å². The van der Waals surface area contributed by atoms with Crippen molar-refractivity contribution in [1.82, 2.24) is 0 Å². The number of phenols is 1. The molecule has 2 rings (SSSR count).